The van der Waals surface area contributed by atoms with Crippen LogP contribution in [0, 0.1) is 5.82 Å². The van der Waals surface area contributed by atoms with Gasteiger partial charge >= 0.3 is 0 Å². The Balaban J connectivity index is 2.34. The molecule has 0 aliphatic heterocycles. The van der Waals surface area contributed by atoms with Gasteiger partial charge in [0.05, 0.1) is 5.56 Å². The van der Waals surface area contributed by atoms with Crippen LogP contribution in [-0.4, -0.2) is 5.78 Å². The van der Waals surface area contributed by atoms with Crippen LogP contribution in [0.4, 0.5) is 4.39 Å². The number of carbonyl (C=O) groups excluding carboxylic acids is 1. The molecule has 0 bridgehead atoms. The first-order valence-electron chi connectivity index (χ1n) is 5.30. The van der Waals surface area contributed by atoms with E-state index in [0.717, 1.165) is 0 Å². The van der Waals surface area contributed by atoms with E-state index in [0.29, 0.717) is 22.1 Å². The monoisotopic (exact) mass is 264 g/mol. The van der Waals surface area contributed by atoms with Crippen molar-refractivity contribution in [2.75, 3.05) is 0 Å². The fraction of sp³-hybridized carbons (Fsp3) is 0.0714. The van der Waals surface area contributed by atoms with Crippen LogP contribution in [0.15, 0.2) is 42.5 Å². The molecule has 2 nitrogen and oxygen atoms in total. The summed E-state index contributed by atoms with van der Waals surface area (Å²) in [4.78, 5) is 11.5. The van der Waals surface area contributed by atoms with E-state index in [2.05, 4.69) is 0 Å². The maximum Gasteiger partial charge on any atom is 0.163 e. The number of hydrogen-bond acceptors (Lipinski definition) is 2. The number of ketones is 1. The van der Waals surface area contributed by atoms with E-state index < -0.39 is 0 Å². The number of rotatable bonds is 3. The number of Topliss-reactive ketones (excluding diaryl/α,β-unsaturated/α-hetero) is 1. The molecule has 0 aromatic heterocycles. The zero-order valence-corrected chi connectivity index (χ0v) is 10.4. The minimum atomic E-state index is -0.342. The van der Waals surface area contributed by atoms with Crippen LogP contribution in [0.1, 0.15) is 17.3 Å². The fourth-order valence-electron chi connectivity index (χ4n) is 1.50. The SMILES string of the molecule is CC(=O)c1cc(Cl)ccc1Oc1ccc(F)cc1. The number of ether oxygens (including phenoxy) is 1. The molecule has 0 saturated carbocycles. The Morgan fingerprint density at radius 2 is 1.83 bits per heavy atom. The molecule has 0 spiro atoms. The van der Waals surface area contributed by atoms with Crippen LogP contribution >= 0.6 is 11.6 Å². The summed E-state index contributed by atoms with van der Waals surface area (Å²) in [5.41, 5.74) is 0.395. The maximum atomic E-state index is 12.8. The predicted octanol–water partition coefficient (Wildman–Crippen LogP) is 4.47. The lowest BCUT2D eigenvalue weighted by Crippen LogP contribution is -1.97. The molecule has 0 saturated heterocycles. The van der Waals surface area contributed by atoms with Crippen molar-refractivity contribution in [2.45, 2.75) is 6.92 Å². The standard InChI is InChI=1S/C14H10ClFO2/c1-9(17)13-8-10(15)2-7-14(13)18-12-5-3-11(16)4-6-12/h2-8H,1H3. The highest BCUT2D eigenvalue weighted by Gasteiger charge is 2.10. The van der Waals surface area contributed by atoms with E-state index in [-0.39, 0.29) is 11.6 Å². The molecule has 2 aromatic rings. The highest BCUT2D eigenvalue weighted by atomic mass is 35.5. The van der Waals surface area contributed by atoms with Crippen LogP contribution in [0.5, 0.6) is 11.5 Å². The third-order valence-electron chi connectivity index (χ3n) is 2.36. The van der Waals surface area contributed by atoms with E-state index in [1.54, 1.807) is 18.2 Å². The second kappa shape index (κ2) is 5.19. The summed E-state index contributed by atoms with van der Waals surface area (Å²) in [6.45, 7) is 1.43. The summed E-state index contributed by atoms with van der Waals surface area (Å²) in [5.74, 6) is 0.375. The lowest BCUT2D eigenvalue weighted by atomic mass is 10.1. The smallest absolute Gasteiger partial charge is 0.163 e. The van der Waals surface area contributed by atoms with Crippen LogP contribution < -0.4 is 4.74 Å². The van der Waals surface area contributed by atoms with Gasteiger partial charge in [0, 0.05) is 5.02 Å². The van der Waals surface area contributed by atoms with Gasteiger partial charge in [-0.1, -0.05) is 11.6 Å². The van der Waals surface area contributed by atoms with Crippen LogP contribution in [0.25, 0.3) is 0 Å². The minimum Gasteiger partial charge on any atom is -0.457 e. The van der Waals surface area contributed by atoms with Gasteiger partial charge in [-0.2, -0.15) is 0 Å². The summed E-state index contributed by atoms with van der Waals surface area (Å²) >= 11 is 5.83. The van der Waals surface area contributed by atoms with Crippen molar-refractivity contribution in [3.05, 3.63) is 58.9 Å². The molecule has 2 aromatic carbocycles. The normalized spacial score (nSPS) is 10.2. The molecule has 0 aliphatic rings. The fourth-order valence-corrected chi connectivity index (χ4v) is 1.67. The molecule has 0 radical (unpaired) electrons. The molecule has 0 aliphatic carbocycles. The number of halogens is 2. The molecule has 2 rings (SSSR count). The Morgan fingerprint density at radius 1 is 1.17 bits per heavy atom. The van der Waals surface area contributed by atoms with Crippen molar-refractivity contribution in [2.24, 2.45) is 0 Å². The number of benzene rings is 2. The van der Waals surface area contributed by atoms with Crippen molar-refractivity contribution in [1.29, 1.82) is 0 Å². The van der Waals surface area contributed by atoms with Gasteiger partial charge in [0.1, 0.15) is 17.3 Å². The van der Waals surface area contributed by atoms with Gasteiger partial charge in [-0.15, -0.1) is 0 Å². The van der Waals surface area contributed by atoms with Gasteiger partial charge in [-0.3, -0.25) is 4.79 Å². The number of carbonyl (C=O) groups is 1. The lowest BCUT2D eigenvalue weighted by molar-refractivity contribution is 0.101. The first-order valence-corrected chi connectivity index (χ1v) is 5.68. The first kappa shape index (κ1) is 12.6. The summed E-state index contributed by atoms with van der Waals surface area (Å²) < 4.78 is 18.3. The largest absolute Gasteiger partial charge is 0.457 e. The summed E-state index contributed by atoms with van der Waals surface area (Å²) in [6, 6.07) is 10.4. The van der Waals surface area contributed by atoms with Crippen molar-refractivity contribution in [3.8, 4) is 11.5 Å². The van der Waals surface area contributed by atoms with Gasteiger partial charge in [0.25, 0.3) is 0 Å². The number of hydrogen-bond donors (Lipinski definition) is 0. The Labute approximate surface area is 109 Å². The molecule has 0 heterocycles. The minimum absolute atomic E-state index is 0.144. The highest BCUT2D eigenvalue weighted by Crippen LogP contribution is 2.28. The highest BCUT2D eigenvalue weighted by molar-refractivity contribution is 6.31. The first-order chi connectivity index (χ1) is 8.56. The molecular weight excluding hydrogens is 255 g/mol. The quantitative estimate of drug-likeness (QED) is 0.765. The van der Waals surface area contributed by atoms with Crippen molar-refractivity contribution < 1.29 is 13.9 Å². The zero-order valence-electron chi connectivity index (χ0n) is 9.61. The third-order valence-corrected chi connectivity index (χ3v) is 2.60. The molecule has 0 N–H and O–H groups in total. The average molecular weight is 265 g/mol. The van der Waals surface area contributed by atoms with Gasteiger partial charge in [0.15, 0.2) is 5.78 Å². The van der Waals surface area contributed by atoms with Gasteiger partial charge in [-0.05, 0) is 49.4 Å². The Morgan fingerprint density at radius 3 is 2.44 bits per heavy atom. The predicted molar refractivity (Wildman–Crippen MR) is 67.9 cm³/mol. The van der Waals surface area contributed by atoms with E-state index in [1.807, 2.05) is 0 Å². The van der Waals surface area contributed by atoms with Crippen molar-refractivity contribution >= 4 is 17.4 Å². The van der Waals surface area contributed by atoms with E-state index in [4.69, 9.17) is 16.3 Å². The molecule has 0 unspecified atom stereocenters. The topological polar surface area (TPSA) is 26.3 Å². The third kappa shape index (κ3) is 2.87. The average Bonchev–Trinajstić information content (AvgIpc) is 2.34. The molecule has 0 atom stereocenters. The molecular formula is C14H10ClFO2. The van der Waals surface area contributed by atoms with E-state index >= 15 is 0 Å². The van der Waals surface area contributed by atoms with Gasteiger partial charge < -0.3 is 4.74 Å². The molecule has 18 heavy (non-hydrogen) atoms. The van der Waals surface area contributed by atoms with E-state index in [1.165, 1.54) is 31.2 Å². The molecule has 92 valence electrons. The Hall–Kier alpha value is -1.87. The van der Waals surface area contributed by atoms with Crippen LogP contribution in [0.2, 0.25) is 5.02 Å². The van der Waals surface area contributed by atoms with Gasteiger partial charge in [0.2, 0.25) is 0 Å². The van der Waals surface area contributed by atoms with Crippen molar-refractivity contribution in [1.82, 2.24) is 0 Å². The molecule has 4 heteroatoms. The van der Waals surface area contributed by atoms with Crippen LogP contribution in [0.3, 0.4) is 0 Å². The zero-order chi connectivity index (χ0) is 13.1. The Bertz CT molecular complexity index is 579. The molecule has 0 amide bonds. The summed E-state index contributed by atoms with van der Waals surface area (Å²) in [7, 11) is 0. The van der Waals surface area contributed by atoms with E-state index in [9.17, 15) is 9.18 Å². The summed E-state index contributed by atoms with van der Waals surface area (Å²) in [6.07, 6.45) is 0. The lowest BCUT2D eigenvalue weighted by Gasteiger charge is -2.09. The summed E-state index contributed by atoms with van der Waals surface area (Å²) in [5, 5.41) is 0.464. The maximum absolute atomic E-state index is 12.8. The Kier molecular flexibility index (Phi) is 3.63. The van der Waals surface area contributed by atoms with Crippen LogP contribution in [-0.2, 0) is 0 Å². The second-order valence-electron chi connectivity index (χ2n) is 3.75. The van der Waals surface area contributed by atoms with Crippen molar-refractivity contribution in [3.63, 3.8) is 0 Å². The molecule has 0 fully saturated rings. The second-order valence-corrected chi connectivity index (χ2v) is 4.19. The van der Waals surface area contributed by atoms with Gasteiger partial charge in [-0.25, -0.2) is 4.39 Å².